The Hall–Kier alpha value is -2.84. The van der Waals surface area contributed by atoms with Crippen molar-refractivity contribution in [3.8, 4) is 16.9 Å². The number of hydrogen-bond acceptors (Lipinski definition) is 6. The highest BCUT2D eigenvalue weighted by molar-refractivity contribution is 6.36. The van der Waals surface area contributed by atoms with E-state index in [1.54, 1.807) is 31.6 Å². The van der Waals surface area contributed by atoms with E-state index in [1.807, 2.05) is 0 Å². The van der Waals surface area contributed by atoms with Crippen LogP contribution >= 0.6 is 23.2 Å². The molecule has 2 aromatic heterocycles. The summed E-state index contributed by atoms with van der Waals surface area (Å²) >= 11 is 12.3. The van der Waals surface area contributed by atoms with Gasteiger partial charge in [0.15, 0.2) is 18.3 Å². The van der Waals surface area contributed by atoms with Crippen LogP contribution in [0.15, 0.2) is 36.8 Å². The lowest BCUT2D eigenvalue weighted by atomic mass is 10.1. The van der Waals surface area contributed by atoms with Gasteiger partial charge in [0.25, 0.3) is 0 Å². The Balaban J connectivity index is 1.51. The lowest BCUT2D eigenvalue weighted by Gasteiger charge is -2.19. The maximum absolute atomic E-state index is 13.9. The average Bonchev–Trinajstić information content (AvgIpc) is 3.49. The number of aromatic nitrogens is 3. The topological polar surface area (TPSA) is 92.3 Å². The Labute approximate surface area is 187 Å². The normalized spacial score (nSPS) is 14.3. The monoisotopic (exact) mass is 464 g/mol. The Kier molecular flexibility index (Phi) is 6.02. The van der Waals surface area contributed by atoms with Crippen molar-refractivity contribution in [2.75, 3.05) is 5.73 Å². The second kappa shape index (κ2) is 8.72. The molecule has 3 aromatic rings. The van der Waals surface area contributed by atoms with E-state index in [0.717, 1.165) is 18.4 Å². The van der Waals surface area contributed by atoms with Gasteiger partial charge in [-0.2, -0.15) is 5.10 Å². The minimum Gasteiger partial charge on any atom is -0.482 e. The number of anilines is 1. The zero-order valence-electron chi connectivity index (χ0n) is 16.5. The Morgan fingerprint density at radius 1 is 1.32 bits per heavy atom. The van der Waals surface area contributed by atoms with Crippen LogP contribution < -0.4 is 10.5 Å². The Morgan fingerprint density at radius 3 is 2.84 bits per heavy atom. The zero-order chi connectivity index (χ0) is 22.1. The molecular formula is C21H19Cl2FN4O3. The largest absolute Gasteiger partial charge is 0.482 e. The van der Waals surface area contributed by atoms with Gasteiger partial charge in [-0.05, 0) is 38.0 Å². The SMILES string of the molecule is CC(Oc1cc(-c2cnn(COC(=O)C3CC3)c2)cnc1N)c1c(Cl)ccc(F)c1Cl. The highest BCUT2D eigenvalue weighted by Crippen LogP contribution is 2.37. The lowest BCUT2D eigenvalue weighted by molar-refractivity contribution is -0.149. The van der Waals surface area contributed by atoms with Gasteiger partial charge in [0.2, 0.25) is 0 Å². The summed E-state index contributed by atoms with van der Waals surface area (Å²) in [7, 11) is 0. The molecule has 1 aliphatic carbocycles. The van der Waals surface area contributed by atoms with E-state index in [1.165, 1.54) is 16.8 Å². The van der Waals surface area contributed by atoms with Crippen molar-refractivity contribution in [1.82, 2.24) is 14.8 Å². The first-order chi connectivity index (χ1) is 14.8. The van der Waals surface area contributed by atoms with E-state index in [9.17, 15) is 9.18 Å². The van der Waals surface area contributed by atoms with Gasteiger partial charge >= 0.3 is 5.97 Å². The molecule has 1 saturated carbocycles. The van der Waals surface area contributed by atoms with Crippen molar-refractivity contribution in [2.24, 2.45) is 5.92 Å². The van der Waals surface area contributed by atoms with Crippen LogP contribution in [-0.4, -0.2) is 20.7 Å². The molecule has 0 saturated heterocycles. The quantitative estimate of drug-likeness (QED) is 0.389. The van der Waals surface area contributed by atoms with E-state index in [0.29, 0.717) is 11.1 Å². The summed E-state index contributed by atoms with van der Waals surface area (Å²) in [5, 5.41) is 4.38. The second-order valence-corrected chi connectivity index (χ2v) is 8.04. The van der Waals surface area contributed by atoms with E-state index in [-0.39, 0.29) is 40.2 Å². The van der Waals surface area contributed by atoms with Crippen molar-refractivity contribution in [1.29, 1.82) is 0 Å². The molecule has 4 rings (SSSR count). The molecule has 0 spiro atoms. The summed E-state index contributed by atoms with van der Waals surface area (Å²) in [6.45, 7) is 1.72. The molecule has 162 valence electrons. The number of ether oxygens (including phenoxy) is 2. The molecule has 0 aliphatic heterocycles. The number of benzene rings is 1. The van der Waals surface area contributed by atoms with Gasteiger partial charge < -0.3 is 15.2 Å². The maximum atomic E-state index is 13.9. The molecule has 0 bridgehead atoms. The number of halogens is 3. The summed E-state index contributed by atoms with van der Waals surface area (Å²) in [5.74, 6) is -0.325. The van der Waals surface area contributed by atoms with Crippen LogP contribution in [0.25, 0.3) is 11.1 Å². The number of carbonyl (C=O) groups is 1. The first kappa shape index (κ1) is 21.4. The standard InChI is InChI=1S/C21H19Cl2FN4O3/c1-11(18-15(22)4-5-16(24)19(18)23)31-17-6-13(7-26-20(17)25)14-8-27-28(9-14)10-30-21(29)12-2-3-12/h4-9,11-12H,2-3,10H2,1H3,(H2,25,26). The fourth-order valence-corrected chi connectivity index (χ4v) is 3.70. The highest BCUT2D eigenvalue weighted by atomic mass is 35.5. The van der Waals surface area contributed by atoms with Crippen molar-refractivity contribution in [2.45, 2.75) is 32.6 Å². The molecule has 2 N–H and O–H groups in total. The number of rotatable bonds is 7. The third-order valence-corrected chi connectivity index (χ3v) is 5.60. The van der Waals surface area contributed by atoms with Gasteiger partial charge in [-0.15, -0.1) is 0 Å². The first-order valence-corrected chi connectivity index (χ1v) is 10.3. The predicted molar refractivity (Wildman–Crippen MR) is 114 cm³/mol. The molecule has 1 aliphatic rings. The molecule has 0 radical (unpaired) electrons. The molecule has 10 heteroatoms. The van der Waals surface area contributed by atoms with Crippen molar-refractivity contribution in [3.63, 3.8) is 0 Å². The van der Waals surface area contributed by atoms with E-state index in [4.69, 9.17) is 38.4 Å². The number of nitrogen functional groups attached to an aromatic ring is 1. The molecule has 7 nitrogen and oxygen atoms in total. The number of pyridine rings is 1. The van der Waals surface area contributed by atoms with Crippen molar-refractivity contribution >= 4 is 35.0 Å². The number of nitrogens with two attached hydrogens (primary N) is 1. The third-order valence-electron chi connectivity index (χ3n) is 4.89. The number of nitrogens with zero attached hydrogens (tertiary/aromatic N) is 3. The summed E-state index contributed by atoms with van der Waals surface area (Å²) < 4.78 is 26.5. The minimum absolute atomic E-state index is 0.0260. The van der Waals surface area contributed by atoms with Crippen LogP contribution in [0.4, 0.5) is 10.2 Å². The van der Waals surface area contributed by atoms with E-state index >= 15 is 0 Å². The summed E-state index contributed by atoms with van der Waals surface area (Å²) in [5.41, 5.74) is 7.70. The Bertz CT molecular complexity index is 1130. The number of hydrogen-bond donors (Lipinski definition) is 1. The van der Waals surface area contributed by atoms with E-state index < -0.39 is 11.9 Å². The molecule has 31 heavy (non-hydrogen) atoms. The summed E-state index contributed by atoms with van der Waals surface area (Å²) in [4.78, 5) is 15.8. The van der Waals surface area contributed by atoms with Gasteiger partial charge in [-0.25, -0.2) is 14.1 Å². The summed E-state index contributed by atoms with van der Waals surface area (Å²) in [6, 6.07) is 4.30. The molecule has 2 heterocycles. The second-order valence-electron chi connectivity index (χ2n) is 7.26. The van der Waals surface area contributed by atoms with Crippen LogP contribution in [0, 0.1) is 11.7 Å². The maximum Gasteiger partial charge on any atom is 0.310 e. The molecule has 1 atom stereocenters. The molecular weight excluding hydrogens is 446 g/mol. The lowest BCUT2D eigenvalue weighted by Crippen LogP contribution is -2.11. The fraction of sp³-hybridized carbons (Fsp3) is 0.286. The minimum atomic E-state index is -0.681. The van der Waals surface area contributed by atoms with Gasteiger partial charge in [-0.3, -0.25) is 4.79 Å². The number of carbonyl (C=O) groups excluding carboxylic acids is 1. The van der Waals surface area contributed by atoms with Crippen molar-refractivity contribution in [3.05, 3.63) is 58.2 Å². The molecule has 1 fully saturated rings. The van der Waals surface area contributed by atoms with Gasteiger partial charge in [0.1, 0.15) is 11.9 Å². The van der Waals surface area contributed by atoms with Crippen LogP contribution in [0.1, 0.15) is 31.4 Å². The van der Waals surface area contributed by atoms with Crippen LogP contribution in [-0.2, 0) is 16.3 Å². The molecule has 1 unspecified atom stereocenters. The first-order valence-electron chi connectivity index (χ1n) is 9.58. The zero-order valence-corrected chi connectivity index (χ0v) is 18.0. The molecule has 1 aromatic carbocycles. The van der Waals surface area contributed by atoms with Crippen molar-refractivity contribution < 1.29 is 18.7 Å². The fourth-order valence-electron chi connectivity index (χ4n) is 3.02. The summed E-state index contributed by atoms with van der Waals surface area (Å²) in [6.07, 6.45) is 6.00. The molecule has 0 amide bonds. The van der Waals surface area contributed by atoms with Crippen LogP contribution in [0.2, 0.25) is 10.0 Å². The van der Waals surface area contributed by atoms with Gasteiger partial charge in [-0.1, -0.05) is 23.2 Å². The number of esters is 1. The third kappa shape index (κ3) is 4.75. The average molecular weight is 465 g/mol. The van der Waals surface area contributed by atoms with Crippen LogP contribution in [0.5, 0.6) is 5.75 Å². The Morgan fingerprint density at radius 2 is 2.10 bits per heavy atom. The highest BCUT2D eigenvalue weighted by Gasteiger charge is 2.31. The van der Waals surface area contributed by atoms with E-state index in [2.05, 4.69) is 10.1 Å². The smallest absolute Gasteiger partial charge is 0.310 e. The van der Waals surface area contributed by atoms with Gasteiger partial charge in [0.05, 0.1) is 17.1 Å². The van der Waals surface area contributed by atoms with Gasteiger partial charge in [0, 0.05) is 34.1 Å². The predicted octanol–water partition coefficient (Wildman–Crippen LogP) is 5.02. The van der Waals surface area contributed by atoms with Crippen LogP contribution in [0.3, 0.4) is 0 Å².